The van der Waals surface area contributed by atoms with Crippen molar-refractivity contribution in [3.63, 3.8) is 0 Å². The fourth-order valence-electron chi connectivity index (χ4n) is 5.82. The Labute approximate surface area is 385 Å². The molecule has 364 valence electrons. The molecule has 0 fully saturated rings. The molecule has 2 heterocycles. The zero-order chi connectivity index (χ0) is 48.1. The van der Waals surface area contributed by atoms with Crippen LogP contribution in [0.1, 0.15) is 58.5 Å². The molecule has 0 spiro atoms. The van der Waals surface area contributed by atoms with E-state index in [-0.39, 0.29) is 85.7 Å². The van der Waals surface area contributed by atoms with Crippen molar-refractivity contribution in [3.8, 4) is 0 Å². The molecule has 0 saturated heterocycles. The van der Waals surface area contributed by atoms with Crippen LogP contribution in [-0.4, -0.2) is 153 Å². The zero-order valence-corrected chi connectivity index (χ0v) is 37.1. The average Bonchev–Trinajstić information content (AvgIpc) is 3.31. The number of H-pyrrole nitrogens is 1. The van der Waals surface area contributed by atoms with Crippen LogP contribution in [0, 0.1) is 5.82 Å². The number of carbonyl (C=O) groups is 5. The molecule has 4 rings (SSSR count). The lowest BCUT2D eigenvalue weighted by Crippen LogP contribution is -2.42. The number of Topliss-reactive ketones (excluding diaryl/α,β-unsaturated/α-hetero) is 1. The first-order chi connectivity index (χ1) is 32.5. The maximum Gasteiger partial charge on any atom is 0.326 e. The number of nitrogens with one attached hydrogen (secondary N) is 5. The molecule has 0 radical (unpaired) electrons. The molecule has 0 aliphatic rings. The number of amides is 3. The van der Waals surface area contributed by atoms with Crippen molar-refractivity contribution in [2.75, 3.05) is 103 Å². The maximum atomic E-state index is 13.0. The Kier molecular flexibility index (Phi) is 24.3. The van der Waals surface area contributed by atoms with E-state index >= 15 is 0 Å². The zero-order valence-electron chi connectivity index (χ0n) is 37.1. The van der Waals surface area contributed by atoms with E-state index in [2.05, 4.69) is 41.2 Å². The molecule has 0 aliphatic heterocycles. The van der Waals surface area contributed by atoms with Crippen LogP contribution >= 0.6 is 0 Å². The van der Waals surface area contributed by atoms with Crippen molar-refractivity contribution < 1.29 is 61.9 Å². The number of nitrogens with zero attached hydrogens (tertiary/aromatic N) is 3. The van der Waals surface area contributed by atoms with Crippen LogP contribution < -0.4 is 32.6 Å². The minimum absolute atomic E-state index is 0.0408. The highest BCUT2D eigenvalue weighted by molar-refractivity contribution is 5.97. The van der Waals surface area contributed by atoms with Crippen molar-refractivity contribution in [1.82, 2.24) is 35.9 Å². The first kappa shape index (κ1) is 53.1. The molecule has 0 bridgehead atoms. The van der Waals surface area contributed by atoms with Gasteiger partial charge in [0.1, 0.15) is 11.9 Å². The highest BCUT2D eigenvalue weighted by atomic mass is 19.1. The Morgan fingerprint density at radius 3 is 1.81 bits per heavy atom. The first-order valence-corrected chi connectivity index (χ1v) is 21.7. The van der Waals surface area contributed by atoms with E-state index in [0.717, 1.165) is 0 Å². The van der Waals surface area contributed by atoms with Crippen LogP contribution in [0.4, 0.5) is 16.0 Å². The lowest BCUT2D eigenvalue weighted by molar-refractivity contribution is -0.139. The van der Waals surface area contributed by atoms with Crippen LogP contribution in [0.2, 0.25) is 0 Å². The van der Waals surface area contributed by atoms with Gasteiger partial charge in [-0.15, -0.1) is 0 Å². The summed E-state index contributed by atoms with van der Waals surface area (Å²) in [5.74, 6) is -3.14. The Bertz CT molecular complexity index is 2220. The van der Waals surface area contributed by atoms with Crippen molar-refractivity contribution in [1.29, 1.82) is 0 Å². The summed E-state index contributed by atoms with van der Waals surface area (Å²) in [6.07, 6.45) is 2.12. The number of halogens is 1. The number of anilines is 2. The molecule has 67 heavy (non-hydrogen) atoms. The van der Waals surface area contributed by atoms with Gasteiger partial charge in [0.25, 0.3) is 11.5 Å². The molecule has 1 atom stereocenters. The number of hydrogen-bond donors (Lipinski definition) is 7. The highest BCUT2D eigenvalue weighted by Crippen LogP contribution is 2.13. The fourth-order valence-corrected chi connectivity index (χ4v) is 5.82. The van der Waals surface area contributed by atoms with E-state index in [9.17, 15) is 38.3 Å². The number of fused-ring (bicyclic) bond motifs is 1. The number of carboxylic acids is 1. The van der Waals surface area contributed by atoms with Gasteiger partial charge in [0.2, 0.25) is 17.8 Å². The van der Waals surface area contributed by atoms with E-state index in [1.165, 1.54) is 42.6 Å². The number of aliphatic carboxylic acids is 1. The summed E-state index contributed by atoms with van der Waals surface area (Å²) in [7, 11) is 0. The monoisotopic (exact) mass is 939 g/mol. The van der Waals surface area contributed by atoms with Gasteiger partial charge in [-0.3, -0.25) is 29.0 Å². The Hall–Kier alpha value is -6.50. The molecule has 23 heteroatoms. The van der Waals surface area contributed by atoms with Gasteiger partial charge in [0.15, 0.2) is 16.9 Å². The third-order valence-corrected chi connectivity index (χ3v) is 9.33. The summed E-state index contributed by atoms with van der Waals surface area (Å²) < 4.78 is 45.6. The smallest absolute Gasteiger partial charge is 0.326 e. The number of carbonyl (C=O) groups excluding carboxylic acids is 4. The normalized spacial score (nSPS) is 11.5. The Balaban J connectivity index is 0.901. The SMILES string of the molecule is Nc1nc2ncc(CNc3ccc(C(=O)NC(CCC(=O)NCCNC(=O)CCOCCOCCOCCOCCOCCOCCCC(=O)c4ccc(F)cc4)C(=O)O)cc3)nc2c(=O)[nH]1. The molecule has 22 nitrogen and oxygen atoms in total. The fraction of sp³-hybridized carbons (Fsp3) is 0.477. The number of benzene rings is 2. The van der Waals surface area contributed by atoms with Crippen LogP contribution in [0.3, 0.4) is 0 Å². The summed E-state index contributed by atoms with van der Waals surface area (Å²) in [5.41, 5.74) is 6.93. The van der Waals surface area contributed by atoms with E-state index in [1.807, 2.05) is 0 Å². The summed E-state index contributed by atoms with van der Waals surface area (Å²) in [4.78, 5) is 87.9. The molecular formula is C44H58FN9O13. The van der Waals surface area contributed by atoms with Gasteiger partial charge in [0, 0.05) is 55.8 Å². The number of ketones is 1. The second-order valence-corrected chi connectivity index (χ2v) is 14.5. The lowest BCUT2D eigenvalue weighted by atomic mass is 10.1. The van der Waals surface area contributed by atoms with Gasteiger partial charge in [-0.05, 0) is 61.4 Å². The minimum atomic E-state index is -1.32. The number of nitrogens with two attached hydrogens (primary N) is 1. The minimum Gasteiger partial charge on any atom is -0.480 e. The second kappa shape index (κ2) is 30.7. The molecule has 3 amide bonds. The van der Waals surface area contributed by atoms with Gasteiger partial charge in [-0.2, -0.15) is 4.98 Å². The summed E-state index contributed by atoms with van der Waals surface area (Å²) in [6, 6.07) is 10.4. The molecule has 2 aromatic heterocycles. The maximum absolute atomic E-state index is 13.0. The van der Waals surface area contributed by atoms with Crippen molar-refractivity contribution in [3.05, 3.63) is 87.7 Å². The van der Waals surface area contributed by atoms with Crippen LogP contribution in [-0.2, 0) is 49.3 Å². The first-order valence-electron chi connectivity index (χ1n) is 21.7. The van der Waals surface area contributed by atoms with Gasteiger partial charge in [-0.25, -0.2) is 19.2 Å². The lowest BCUT2D eigenvalue weighted by Gasteiger charge is -2.15. The number of nitrogen functional groups attached to an aromatic ring is 1. The molecule has 1 unspecified atom stereocenters. The highest BCUT2D eigenvalue weighted by Gasteiger charge is 2.22. The average molecular weight is 940 g/mol. The number of hydrogen-bond acceptors (Lipinski definition) is 17. The summed E-state index contributed by atoms with van der Waals surface area (Å²) in [6.45, 7) is 4.90. The Morgan fingerprint density at radius 2 is 1.22 bits per heavy atom. The number of carboxylic acid groups (broad SMARTS) is 1. The Morgan fingerprint density at radius 1 is 0.687 bits per heavy atom. The predicted molar refractivity (Wildman–Crippen MR) is 240 cm³/mol. The van der Waals surface area contributed by atoms with E-state index < -0.39 is 29.4 Å². The third-order valence-electron chi connectivity index (χ3n) is 9.33. The molecule has 8 N–H and O–H groups in total. The van der Waals surface area contributed by atoms with Crippen LogP contribution in [0.5, 0.6) is 0 Å². The van der Waals surface area contributed by atoms with Gasteiger partial charge in [0.05, 0.1) is 91.1 Å². The van der Waals surface area contributed by atoms with Gasteiger partial charge in [-0.1, -0.05) is 0 Å². The van der Waals surface area contributed by atoms with Crippen molar-refractivity contribution >= 4 is 52.3 Å². The van der Waals surface area contributed by atoms with Crippen molar-refractivity contribution in [2.24, 2.45) is 0 Å². The molecule has 0 aliphatic carbocycles. The number of aromatic amines is 1. The molecule has 4 aromatic rings. The number of aromatic nitrogens is 4. The summed E-state index contributed by atoms with van der Waals surface area (Å²) in [5, 5.41) is 20.5. The van der Waals surface area contributed by atoms with E-state index in [1.54, 1.807) is 12.1 Å². The standard InChI is InChI=1S/C44H58FN9O13/c45-32-7-3-30(4-8-32)36(55)2-1-16-62-18-20-64-22-24-66-26-27-67-25-23-65-21-19-63-17-13-38(57)48-15-14-47-37(56)12-11-35(43(60)61)52-41(58)31-5-9-33(10-6-31)49-28-34-29-50-40-39(51-34)42(59)54-44(46)53-40/h3-10,29,35,49H,1-2,11-28H2,(H,47,56)(H,48,57)(H,52,58)(H,60,61)(H3,46,50,53,54,59). The molecular weight excluding hydrogens is 882 g/mol. The topological polar surface area (TPSA) is 307 Å². The molecule has 0 saturated carbocycles. The number of rotatable bonds is 35. The summed E-state index contributed by atoms with van der Waals surface area (Å²) >= 11 is 0. The van der Waals surface area contributed by atoms with Gasteiger partial charge >= 0.3 is 5.97 Å². The predicted octanol–water partition coefficient (Wildman–Crippen LogP) is 1.39. The van der Waals surface area contributed by atoms with Gasteiger partial charge < -0.3 is 60.5 Å². The van der Waals surface area contributed by atoms with Crippen molar-refractivity contribution in [2.45, 2.75) is 44.7 Å². The van der Waals surface area contributed by atoms with Crippen LogP contribution in [0.25, 0.3) is 11.2 Å². The number of ether oxygens (including phenoxy) is 6. The quantitative estimate of drug-likeness (QED) is 0.0253. The molecule has 2 aromatic carbocycles. The largest absolute Gasteiger partial charge is 0.480 e. The third kappa shape index (κ3) is 21.6. The second-order valence-electron chi connectivity index (χ2n) is 14.5. The van der Waals surface area contributed by atoms with Crippen LogP contribution in [0.15, 0.2) is 59.5 Å². The van der Waals surface area contributed by atoms with E-state index in [4.69, 9.17) is 34.2 Å². The van der Waals surface area contributed by atoms with E-state index in [0.29, 0.717) is 102 Å².